The molecule has 26 heavy (non-hydrogen) atoms. The average Bonchev–Trinajstić information content (AvgIpc) is 2.67. The molecule has 1 unspecified atom stereocenters. The van der Waals surface area contributed by atoms with Gasteiger partial charge in [0.25, 0.3) is 0 Å². The molecule has 0 radical (unpaired) electrons. The van der Waals surface area contributed by atoms with Crippen LogP contribution in [0.2, 0.25) is 0 Å². The first kappa shape index (κ1) is 20.7. The number of benzene rings is 1. The zero-order valence-corrected chi connectivity index (χ0v) is 16.2. The van der Waals surface area contributed by atoms with E-state index in [1.807, 2.05) is 35.8 Å². The van der Waals surface area contributed by atoms with Crippen molar-refractivity contribution in [1.82, 2.24) is 9.79 Å². The number of unbranched alkanes of at least 4 members (excludes halogenated alkanes) is 3. The molecule has 7 heteroatoms. The minimum Gasteiger partial charge on any atom is -0.369 e. The Kier molecular flexibility index (Phi) is 8.39. The van der Waals surface area contributed by atoms with Crippen LogP contribution < -0.4 is 10.4 Å². The third-order valence-electron chi connectivity index (χ3n) is 4.47. The molecule has 1 aromatic carbocycles. The highest BCUT2D eigenvalue weighted by Crippen LogP contribution is 2.17. The van der Waals surface area contributed by atoms with Gasteiger partial charge in [-0.05, 0) is 18.6 Å². The fourth-order valence-corrected chi connectivity index (χ4v) is 4.46. The largest absolute Gasteiger partial charge is 0.369 e. The molecule has 1 atom stereocenters. The molecule has 6 nitrogen and oxygen atoms in total. The maximum atomic E-state index is 12.6. The van der Waals surface area contributed by atoms with Gasteiger partial charge in [0.05, 0.1) is 5.75 Å². The smallest absolute Gasteiger partial charge is 0.216 e. The molecule has 0 amide bonds. The van der Waals surface area contributed by atoms with Crippen LogP contribution in [0.5, 0.6) is 0 Å². The van der Waals surface area contributed by atoms with Crippen LogP contribution in [0.4, 0.5) is 5.69 Å². The Morgan fingerprint density at radius 3 is 2.46 bits per heavy atom. The molecule has 1 saturated heterocycles. The summed E-state index contributed by atoms with van der Waals surface area (Å²) in [6.07, 6.45) is 3.94. The van der Waals surface area contributed by atoms with E-state index in [-0.39, 0.29) is 5.75 Å². The third kappa shape index (κ3) is 6.29. The predicted molar refractivity (Wildman–Crippen MR) is 105 cm³/mol. The van der Waals surface area contributed by atoms with Gasteiger partial charge in [-0.25, -0.2) is 8.42 Å². The van der Waals surface area contributed by atoms with Crippen molar-refractivity contribution in [2.45, 2.75) is 38.6 Å². The molecule has 1 aliphatic heterocycles. The van der Waals surface area contributed by atoms with E-state index in [4.69, 9.17) is 0 Å². The highest BCUT2D eigenvalue weighted by molar-refractivity contribution is 7.89. The van der Waals surface area contributed by atoms with Gasteiger partial charge in [0, 0.05) is 38.3 Å². The molecular weight excluding hydrogens is 350 g/mol. The number of hydroxylamine groups is 1. The molecule has 1 heterocycles. The zero-order chi connectivity index (χ0) is 18.8. The summed E-state index contributed by atoms with van der Waals surface area (Å²) in [5.74, 6) is 5.58. The van der Waals surface area contributed by atoms with E-state index < -0.39 is 16.1 Å². The van der Waals surface area contributed by atoms with Crippen molar-refractivity contribution >= 4 is 15.7 Å². The first-order valence-electron chi connectivity index (χ1n) is 9.22. The Bertz CT molecular complexity index is 690. The molecule has 2 rings (SSSR count). The summed E-state index contributed by atoms with van der Waals surface area (Å²) in [7, 11) is -3.47. The second-order valence-electron chi connectivity index (χ2n) is 6.46. The highest BCUT2D eigenvalue weighted by atomic mass is 32.2. The lowest BCUT2D eigenvalue weighted by Gasteiger charge is -2.35. The number of nitrogens with zero attached hydrogens (tertiary/aromatic N) is 2. The van der Waals surface area contributed by atoms with Gasteiger partial charge in [-0.1, -0.05) is 43.9 Å². The number of sulfonamides is 1. The van der Waals surface area contributed by atoms with E-state index in [2.05, 4.69) is 23.7 Å². The maximum Gasteiger partial charge on any atom is 0.216 e. The molecule has 0 aliphatic carbocycles. The van der Waals surface area contributed by atoms with Crippen LogP contribution in [0.1, 0.15) is 32.6 Å². The average molecular weight is 380 g/mol. The van der Waals surface area contributed by atoms with E-state index in [1.54, 1.807) is 0 Å². The van der Waals surface area contributed by atoms with Gasteiger partial charge in [-0.15, -0.1) is 5.92 Å². The van der Waals surface area contributed by atoms with E-state index in [0.717, 1.165) is 31.4 Å². The summed E-state index contributed by atoms with van der Waals surface area (Å²) in [6, 6.07) is 9.24. The van der Waals surface area contributed by atoms with Crippen molar-refractivity contribution < 1.29 is 13.6 Å². The summed E-state index contributed by atoms with van der Waals surface area (Å²) < 4.78 is 26.7. The van der Waals surface area contributed by atoms with Gasteiger partial charge >= 0.3 is 0 Å². The lowest BCUT2D eigenvalue weighted by atomic mass is 10.2. The van der Waals surface area contributed by atoms with Crippen molar-refractivity contribution in [1.29, 1.82) is 0 Å². The Hall–Kier alpha value is -1.59. The van der Waals surface area contributed by atoms with Crippen molar-refractivity contribution in [3.05, 3.63) is 30.3 Å². The molecule has 0 saturated carbocycles. The zero-order valence-electron chi connectivity index (χ0n) is 15.4. The Morgan fingerprint density at radius 1 is 1.15 bits per heavy atom. The number of anilines is 1. The van der Waals surface area contributed by atoms with Crippen LogP contribution in [0.15, 0.2) is 30.3 Å². The second kappa shape index (κ2) is 10.5. The molecule has 0 spiro atoms. The van der Waals surface area contributed by atoms with Gasteiger partial charge in [-0.2, -0.15) is 9.79 Å². The van der Waals surface area contributed by atoms with Gasteiger partial charge in [-0.3, -0.25) is 0 Å². The Labute approximate surface area is 157 Å². The summed E-state index contributed by atoms with van der Waals surface area (Å²) >= 11 is 0. The number of hydrogen-bond donors (Lipinski definition) is 2. The van der Waals surface area contributed by atoms with Crippen LogP contribution in [-0.2, 0) is 10.0 Å². The van der Waals surface area contributed by atoms with E-state index in [0.29, 0.717) is 26.2 Å². The minimum atomic E-state index is -3.47. The lowest BCUT2D eigenvalue weighted by molar-refractivity contribution is 0.153. The number of para-hydroxylation sites is 1. The topological polar surface area (TPSA) is 72.9 Å². The molecule has 1 aliphatic rings. The monoisotopic (exact) mass is 379 g/mol. The van der Waals surface area contributed by atoms with E-state index in [9.17, 15) is 13.6 Å². The molecular formula is C19H29N3O3S. The molecule has 144 valence electrons. The van der Waals surface area contributed by atoms with Crippen molar-refractivity contribution in [2.75, 3.05) is 36.8 Å². The van der Waals surface area contributed by atoms with E-state index >= 15 is 0 Å². The first-order chi connectivity index (χ1) is 12.6. The van der Waals surface area contributed by atoms with Gasteiger partial charge < -0.3 is 10.1 Å². The van der Waals surface area contributed by atoms with Gasteiger partial charge in [0.15, 0.2) is 0 Å². The standard InChI is InChI=1S/C19H29N3O3S/c1-2-3-4-5-7-10-18(20-23)17-26(24,25)22-15-13-21(14-16-22)19-11-8-6-9-12-19/h6,8-9,11-12,18,20,23H,2-5,13-17H2,1H3. The number of hydrogen-bond acceptors (Lipinski definition) is 5. The fraction of sp³-hybridized carbons (Fsp3) is 0.579. The molecule has 1 fully saturated rings. The van der Waals surface area contributed by atoms with E-state index in [1.165, 1.54) is 4.31 Å². The predicted octanol–water partition coefficient (Wildman–Crippen LogP) is 2.07. The number of nitrogens with one attached hydrogen (secondary N) is 1. The number of piperazine rings is 1. The second-order valence-corrected chi connectivity index (χ2v) is 8.47. The van der Waals surface area contributed by atoms with Crippen LogP contribution >= 0.6 is 0 Å². The molecule has 0 bridgehead atoms. The third-order valence-corrected chi connectivity index (χ3v) is 6.37. The van der Waals surface area contributed by atoms with Gasteiger partial charge in [0.2, 0.25) is 10.0 Å². The normalized spacial score (nSPS) is 16.8. The SMILES string of the molecule is CCCCCC#CC(CS(=O)(=O)N1CCN(c2ccccc2)CC1)NO. The molecule has 2 N–H and O–H groups in total. The van der Waals surface area contributed by atoms with Crippen LogP contribution in [0, 0.1) is 11.8 Å². The molecule has 0 aromatic heterocycles. The van der Waals surface area contributed by atoms with Crippen molar-refractivity contribution in [2.24, 2.45) is 0 Å². The Balaban J connectivity index is 1.87. The maximum absolute atomic E-state index is 12.6. The summed E-state index contributed by atoms with van der Waals surface area (Å²) in [5, 5.41) is 9.24. The Morgan fingerprint density at radius 2 is 1.85 bits per heavy atom. The fourth-order valence-electron chi connectivity index (χ4n) is 2.95. The lowest BCUT2D eigenvalue weighted by Crippen LogP contribution is -2.51. The van der Waals surface area contributed by atoms with Gasteiger partial charge in [0.1, 0.15) is 6.04 Å². The first-order valence-corrected chi connectivity index (χ1v) is 10.8. The number of rotatable bonds is 8. The highest BCUT2D eigenvalue weighted by Gasteiger charge is 2.29. The van der Waals surface area contributed by atoms with Crippen LogP contribution in [0.3, 0.4) is 0 Å². The van der Waals surface area contributed by atoms with Crippen molar-refractivity contribution in [3.8, 4) is 11.8 Å². The van der Waals surface area contributed by atoms with Crippen molar-refractivity contribution in [3.63, 3.8) is 0 Å². The quantitative estimate of drug-likeness (QED) is 0.411. The minimum absolute atomic E-state index is 0.213. The van der Waals surface area contributed by atoms with Crippen LogP contribution in [0.25, 0.3) is 0 Å². The summed E-state index contributed by atoms with van der Waals surface area (Å²) in [6.45, 7) is 4.32. The molecule has 1 aromatic rings. The summed E-state index contributed by atoms with van der Waals surface area (Å²) in [5.41, 5.74) is 3.14. The summed E-state index contributed by atoms with van der Waals surface area (Å²) in [4.78, 5) is 2.18. The van der Waals surface area contributed by atoms with Crippen LogP contribution in [-0.4, -0.2) is 55.9 Å².